The molecule has 0 amide bonds. The Bertz CT molecular complexity index is 271. The normalized spacial score (nSPS) is 15.4. The van der Waals surface area contributed by atoms with Crippen LogP contribution in [0.15, 0.2) is 18.3 Å². The van der Waals surface area contributed by atoms with Crippen molar-refractivity contribution in [3.8, 4) is 0 Å². The summed E-state index contributed by atoms with van der Waals surface area (Å²) in [5.74, 6) is -0.508. The number of nitrogens with two attached hydrogens (primary N) is 1. The first-order valence-corrected chi connectivity index (χ1v) is 4.04. The van der Waals surface area contributed by atoms with Gasteiger partial charge in [0.05, 0.1) is 6.61 Å². The third-order valence-corrected chi connectivity index (χ3v) is 1.76. The van der Waals surface area contributed by atoms with Crippen LogP contribution >= 0.6 is 0 Å². The van der Waals surface area contributed by atoms with Gasteiger partial charge >= 0.3 is 0 Å². The van der Waals surface area contributed by atoms with E-state index < -0.39 is 11.5 Å². The molecule has 13 heavy (non-hydrogen) atoms. The fourth-order valence-corrected chi connectivity index (χ4v) is 1.03. The number of nitrogens with zero attached hydrogens (tertiary/aromatic N) is 1. The molecule has 0 fully saturated rings. The van der Waals surface area contributed by atoms with E-state index in [2.05, 4.69) is 4.98 Å². The molecule has 0 saturated carbocycles. The average molecular weight is 184 g/mol. The van der Waals surface area contributed by atoms with E-state index in [4.69, 9.17) is 10.8 Å². The lowest BCUT2D eigenvalue weighted by atomic mass is 9.96. The van der Waals surface area contributed by atoms with Crippen LogP contribution in [0.5, 0.6) is 0 Å². The lowest BCUT2D eigenvalue weighted by molar-refractivity contribution is 0.208. The summed E-state index contributed by atoms with van der Waals surface area (Å²) in [5.41, 5.74) is 5.87. The van der Waals surface area contributed by atoms with Crippen molar-refractivity contribution < 1.29 is 9.50 Å². The highest BCUT2D eigenvalue weighted by Gasteiger charge is 2.17. The molecular weight excluding hydrogens is 171 g/mol. The quantitative estimate of drug-likeness (QED) is 0.671. The predicted molar refractivity (Wildman–Crippen MR) is 47.6 cm³/mol. The zero-order valence-corrected chi connectivity index (χ0v) is 7.50. The standard InChI is InChI=1S/C9H13FN2O/c1-9(11,6-13)4-7-2-3-8(10)12-5-7/h2-3,5,13H,4,6,11H2,1H3. The third kappa shape index (κ3) is 3.08. The Morgan fingerprint density at radius 2 is 2.31 bits per heavy atom. The number of rotatable bonds is 3. The molecule has 1 heterocycles. The fraction of sp³-hybridized carbons (Fsp3) is 0.444. The van der Waals surface area contributed by atoms with Crippen LogP contribution in [0.3, 0.4) is 0 Å². The van der Waals surface area contributed by atoms with Crippen molar-refractivity contribution in [2.75, 3.05) is 6.61 Å². The average Bonchev–Trinajstić information content (AvgIpc) is 2.09. The van der Waals surface area contributed by atoms with E-state index in [1.54, 1.807) is 13.0 Å². The summed E-state index contributed by atoms with van der Waals surface area (Å²) in [6.07, 6.45) is 1.91. The number of halogens is 1. The molecule has 0 aromatic carbocycles. The molecule has 3 N–H and O–H groups in total. The van der Waals surface area contributed by atoms with Crippen LogP contribution in [0, 0.1) is 5.95 Å². The molecule has 1 unspecified atom stereocenters. The second-order valence-corrected chi connectivity index (χ2v) is 3.48. The maximum absolute atomic E-state index is 12.4. The lowest BCUT2D eigenvalue weighted by Crippen LogP contribution is -2.42. The molecule has 1 aromatic rings. The van der Waals surface area contributed by atoms with Crippen LogP contribution < -0.4 is 5.73 Å². The van der Waals surface area contributed by atoms with Gasteiger partial charge in [0, 0.05) is 11.7 Å². The van der Waals surface area contributed by atoms with Gasteiger partial charge < -0.3 is 10.8 Å². The summed E-state index contributed by atoms with van der Waals surface area (Å²) in [4.78, 5) is 3.49. The van der Waals surface area contributed by atoms with Gasteiger partial charge in [-0.25, -0.2) is 4.98 Å². The van der Waals surface area contributed by atoms with Gasteiger partial charge in [-0.05, 0) is 25.0 Å². The first-order valence-electron chi connectivity index (χ1n) is 4.04. The van der Waals surface area contributed by atoms with Crippen LogP contribution in [0.25, 0.3) is 0 Å². The van der Waals surface area contributed by atoms with Gasteiger partial charge in [0.1, 0.15) is 0 Å². The topological polar surface area (TPSA) is 59.1 Å². The summed E-state index contributed by atoms with van der Waals surface area (Å²) >= 11 is 0. The highest BCUT2D eigenvalue weighted by Crippen LogP contribution is 2.09. The van der Waals surface area contributed by atoms with Crippen LogP contribution in [0.1, 0.15) is 12.5 Å². The number of aromatic nitrogens is 1. The first kappa shape index (κ1) is 10.1. The van der Waals surface area contributed by atoms with Crippen LogP contribution in [-0.4, -0.2) is 22.2 Å². The van der Waals surface area contributed by atoms with Crippen LogP contribution in [-0.2, 0) is 6.42 Å². The Morgan fingerprint density at radius 3 is 2.77 bits per heavy atom. The number of hydrogen-bond acceptors (Lipinski definition) is 3. The van der Waals surface area contributed by atoms with E-state index >= 15 is 0 Å². The van der Waals surface area contributed by atoms with Gasteiger partial charge in [0.15, 0.2) is 0 Å². The largest absolute Gasteiger partial charge is 0.394 e. The van der Waals surface area contributed by atoms with Crippen LogP contribution in [0.4, 0.5) is 4.39 Å². The monoisotopic (exact) mass is 184 g/mol. The number of hydrogen-bond donors (Lipinski definition) is 2. The minimum absolute atomic E-state index is 0.107. The van der Waals surface area contributed by atoms with Crippen molar-refractivity contribution in [3.05, 3.63) is 29.8 Å². The molecule has 0 aliphatic rings. The zero-order chi connectivity index (χ0) is 9.90. The molecule has 72 valence electrons. The molecule has 1 aromatic heterocycles. The Hall–Kier alpha value is -1.00. The molecule has 0 aliphatic heterocycles. The van der Waals surface area contributed by atoms with Crippen molar-refractivity contribution in [2.24, 2.45) is 5.73 Å². The molecule has 0 spiro atoms. The second kappa shape index (κ2) is 3.81. The zero-order valence-electron chi connectivity index (χ0n) is 7.50. The molecule has 0 aliphatic carbocycles. The van der Waals surface area contributed by atoms with E-state index in [9.17, 15) is 4.39 Å². The summed E-state index contributed by atoms with van der Waals surface area (Å²) in [6, 6.07) is 2.89. The van der Waals surface area contributed by atoms with E-state index in [1.165, 1.54) is 12.3 Å². The Labute approximate surface area is 76.4 Å². The lowest BCUT2D eigenvalue weighted by Gasteiger charge is -2.21. The highest BCUT2D eigenvalue weighted by molar-refractivity contribution is 5.12. The van der Waals surface area contributed by atoms with Crippen molar-refractivity contribution in [2.45, 2.75) is 18.9 Å². The third-order valence-electron chi connectivity index (χ3n) is 1.76. The molecule has 0 saturated heterocycles. The minimum atomic E-state index is -0.667. The molecule has 0 radical (unpaired) electrons. The SMILES string of the molecule is CC(N)(CO)Cc1ccc(F)nc1. The van der Waals surface area contributed by atoms with E-state index in [-0.39, 0.29) is 6.61 Å². The number of aliphatic hydroxyl groups is 1. The van der Waals surface area contributed by atoms with E-state index in [1.807, 2.05) is 0 Å². The summed E-state index contributed by atoms with van der Waals surface area (Å²) in [6.45, 7) is 1.63. The van der Waals surface area contributed by atoms with Crippen molar-refractivity contribution >= 4 is 0 Å². The fourth-order valence-electron chi connectivity index (χ4n) is 1.03. The molecule has 1 atom stereocenters. The summed E-state index contributed by atoms with van der Waals surface area (Å²) < 4.78 is 12.4. The van der Waals surface area contributed by atoms with Crippen molar-refractivity contribution in [3.63, 3.8) is 0 Å². The molecule has 0 bridgehead atoms. The molecule has 3 nitrogen and oxygen atoms in total. The molecule has 1 rings (SSSR count). The Morgan fingerprint density at radius 1 is 1.62 bits per heavy atom. The van der Waals surface area contributed by atoms with Gasteiger partial charge in [-0.3, -0.25) is 0 Å². The maximum Gasteiger partial charge on any atom is 0.212 e. The minimum Gasteiger partial charge on any atom is -0.394 e. The van der Waals surface area contributed by atoms with Gasteiger partial charge in [0.2, 0.25) is 5.95 Å². The smallest absolute Gasteiger partial charge is 0.212 e. The number of pyridine rings is 1. The summed E-state index contributed by atoms with van der Waals surface area (Å²) in [5, 5.41) is 8.89. The van der Waals surface area contributed by atoms with E-state index in [0.29, 0.717) is 6.42 Å². The Balaban J connectivity index is 2.69. The maximum atomic E-state index is 12.4. The van der Waals surface area contributed by atoms with Gasteiger partial charge in [0.25, 0.3) is 0 Å². The van der Waals surface area contributed by atoms with E-state index in [0.717, 1.165) is 5.56 Å². The van der Waals surface area contributed by atoms with Crippen LogP contribution in [0.2, 0.25) is 0 Å². The molecular formula is C9H13FN2O. The summed E-state index contributed by atoms with van der Waals surface area (Å²) in [7, 11) is 0. The van der Waals surface area contributed by atoms with Crippen molar-refractivity contribution in [1.82, 2.24) is 4.98 Å². The molecule has 4 heteroatoms. The van der Waals surface area contributed by atoms with Gasteiger partial charge in [-0.2, -0.15) is 4.39 Å². The second-order valence-electron chi connectivity index (χ2n) is 3.48. The van der Waals surface area contributed by atoms with Crippen molar-refractivity contribution in [1.29, 1.82) is 0 Å². The predicted octanol–water partition coefficient (Wildman–Crippen LogP) is 0.473. The Kier molecular flexibility index (Phi) is 2.95. The number of aliphatic hydroxyl groups excluding tert-OH is 1. The highest BCUT2D eigenvalue weighted by atomic mass is 19.1. The van der Waals surface area contributed by atoms with Gasteiger partial charge in [-0.1, -0.05) is 6.07 Å². The van der Waals surface area contributed by atoms with Gasteiger partial charge in [-0.15, -0.1) is 0 Å². The first-order chi connectivity index (χ1) is 6.03.